The van der Waals surface area contributed by atoms with Gasteiger partial charge in [-0.25, -0.2) is 4.98 Å². The average Bonchev–Trinajstić information content (AvgIpc) is 2.85. The first-order valence-electron chi connectivity index (χ1n) is 7.28. The van der Waals surface area contributed by atoms with E-state index in [9.17, 15) is 4.79 Å². The largest absolute Gasteiger partial charge is 0.441 e. The number of likely N-dealkylation sites (tertiary alicyclic amines) is 1. The molecule has 4 rings (SSSR count). The summed E-state index contributed by atoms with van der Waals surface area (Å²) in [6, 6.07) is 11.3. The second kappa shape index (κ2) is 4.94. The van der Waals surface area contributed by atoms with E-state index in [-0.39, 0.29) is 5.91 Å². The first-order chi connectivity index (χ1) is 10.7. The molecular formula is C17H15N3O2. The van der Waals surface area contributed by atoms with E-state index in [0.29, 0.717) is 36.0 Å². The van der Waals surface area contributed by atoms with Crippen LogP contribution in [-0.2, 0) is 0 Å². The Morgan fingerprint density at radius 1 is 1.27 bits per heavy atom. The van der Waals surface area contributed by atoms with Gasteiger partial charge in [-0.15, -0.1) is 0 Å². The van der Waals surface area contributed by atoms with Crippen molar-refractivity contribution in [2.75, 3.05) is 13.1 Å². The van der Waals surface area contributed by atoms with Crippen molar-refractivity contribution in [3.63, 3.8) is 0 Å². The Hall–Kier alpha value is -2.69. The smallest absolute Gasteiger partial charge is 0.254 e. The monoisotopic (exact) mass is 293 g/mol. The molecule has 22 heavy (non-hydrogen) atoms. The third-order valence-electron chi connectivity index (χ3n) is 4.02. The number of fused-ring (bicyclic) bond motifs is 1. The van der Waals surface area contributed by atoms with Crippen LogP contribution in [0.2, 0.25) is 0 Å². The van der Waals surface area contributed by atoms with Crippen molar-refractivity contribution in [1.29, 1.82) is 0 Å². The molecule has 110 valence electrons. The number of carbonyl (C=O) groups excluding carboxylic acids is 1. The summed E-state index contributed by atoms with van der Waals surface area (Å²) in [5.41, 5.74) is 3.13. The van der Waals surface area contributed by atoms with Crippen LogP contribution in [-0.4, -0.2) is 33.9 Å². The summed E-state index contributed by atoms with van der Waals surface area (Å²) in [5, 5.41) is 0. The van der Waals surface area contributed by atoms with Gasteiger partial charge < -0.3 is 9.32 Å². The molecule has 0 bridgehead atoms. The second-order valence-corrected chi connectivity index (χ2v) is 5.58. The van der Waals surface area contributed by atoms with Crippen LogP contribution in [0.25, 0.3) is 11.1 Å². The minimum atomic E-state index is 0.0307. The summed E-state index contributed by atoms with van der Waals surface area (Å²) in [6.07, 6.45) is 1.79. The van der Waals surface area contributed by atoms with Gasteiger partial charge >= 0.3 is 0 Å². The minimum absolute atomic E-state index is 0.0307. The van der Waals surface area contributed by atoms with Crippen molar-refractivity contribution in [3.05, 3.63) is 59.7 Å². The van der Waals surface area contributed by atoms with Gasteiger partial charge in [-0.3, -0.25) is 9.78 Å². The predicted octanol–water partition coefficient (Wildman–Crippen LogP) is 2.77. The normalized spacial score (nSPS) is 15.0. The standard InChI is InChI=1S/C17H15N3O2/c1-11-19-15-6-5-12(8-16(15)22-11)17(21)20-9-13(10-20)14-4-2-3-7-18-14/h2-8,13H,9-10H2,1H3. The van der Waals surface area contributed by atoms with Crippen LogP contribution in [0.4, 0.5) is 0 Å². The number of benzene rings is 1. The number of hydrogen-bond acceptors (Lipinski definition) is 4. The molecule has 3 aromatic rings. The Morgan fingerprint density at radius 3 is 2.91 bits per heavy atom. The highest BCUT2D eigenvalue weighted by Gasteiger charge is 2.33. The summed E-state index contributed by atoms with van der Waals surface area (Å²) in [7, 11) is 0. The molecule has 2 aromatic heterocycles. The number of carbonyl (C=O) groups is 1. The highest BCUT2D eigenvalue weighted by molar-refractivity contribution is 5.97. The fourth-order valence-electron chi connectivity index (χ4n) is 2.80. The number of amides is 1. The zero-order chi connectivity index (χ0) is 15.1. The lowest BCUT2D eigenvalue weighted by atomic mass is 9.95. The van der Waals surface area contributed by atoms with Gasteiger partial charge in [-0.05, 0) is 30.3 Å². The van der Waals surface area contributed by atoms with Crippen molar-refractivity contribution >= 4 is 17.0 Å². The van der Waals surface area contributed by atoms with Gasteiger partial charge in [0.05, 0.1) is 0 Å². The molecule has 1 aromatic carbocycles. The van der Waals surface area contributed by atoms with Crippen molar-refractivity contribution in [3.8, 4) is 0 Å². The number of aromatic nitrogens is 2. The molecule has 1 aliphatic heterocycles. The summed E-state index contributed by atoms with van der Waals surface area (Å²) >= 11 is 0. The first-order valence-corrected chi connectivity index (χ1v) is 7.28. The van der Waals surface area contributed by atoms with E-state index in [1.165, 1.54) is 0 Å². The Labute approximate surface area is 127 Å². The molecule has 0 radical (unpaired) electrons. The van der Waals surface area contributed by atoms with Gasteiger partial charge in [-0.1, -0.05) is 6.07 Å². The lowest BCUT2D eigenvalue weighted by Crippen LogP contribution is -2.48. The highest BCUT2D eigenvalue weighted by atomic mass is 16.3. The third kappa shape index (κ3) is 2.15. The number of hydrogen-bond donors (Lipinski definition) is 0. The SMILES string of the molecule is Cc1nc2ccc(C(=O)N3CC(c4ccccn4)C3)cc2o1. The van der Waals surface area contributed by atoms with Gasteiger partial charge in [0.15, 0.2) is 11.5 Å². The minimum Gasteiger partial charge on any atom is -0.441 e. The molecule has 5 heteroatoms. The fourth-order valence-corrected chi connectivity index (χ4v) is 2.80. The maximum Gasteiger partial charge on any atom is 0.254 e. The molecule has 0 N–H and O–H groups in total. The van der Waals surface area contributed by atoms with Crippen LogP contribution >= 0.6 is 0 Å². The van der Waals surface area contributed by atoms with Crippen LogP contribution in [0.5, 0.6) is 0 Å². The maximum absolute atomic E-state index is 12.5. The van der Waals surface area contributed by atoms with Gasteiger partial charge in [-0.2, -0.15) is 0 Å². The van der Waals surface area contributed by atoms with E-state index in [1.807, 2.05) is 29.2 Å². The van der Waals surface area contributed by atoms with E-state index in [2.05, 4.69) is 9.97 Å². The topological polar surface area (TPSA) is 59.2 Å². The van der Waals surface area contributed by atoms with Gasteiger partial charge in [0, 0.05) is 43.4 Å². The highest BCUT2D eigenvalue weighted by Crippen LogP contribution is 2.27. The Balaban J connectivity index is 1.50. The molecule has 0 spiro atoms. The summed E-state index contributed by atoms with van der Waals surface area (Å²) in [5.74, 6) is 0.975. The Morgan fingerprint density at radius 2 is 2.14 bits per heavy atom. The molecule has 0 aliphatic carbocycles. The fraction of sp³-hybridized carbons (Fsp3) is 0.235. The van der Waals surface area contributed by atoms with Crippen molar-refractivity contribution in [1.82, 2.24) is 14.9 Å². The van der Waals surface area contributed by atoms with Crippen LogP contribution in [0.15, 0.2) is 47.0 Å². The lowest BCUT2D eigenvalue weighted by Gasteiger charge is -2.38. The number of nitrogens with zero attached hydrogens (tertiary/aromatic N) is 3. The summed E-state index contributed by atoms with van der Waals surface area (Å²) < 4.78 is 5.49. The average molecular weight is 293 g/mol. The second-order valence-electron chi connectivity index (χ2n) is 5.58. The Bertz CT molecular complexity index is 835. The van der Waals surface area contributed by atoms with Gasteiger partial charge in [0.2, 0.25) is 0 Å². The first kappa shape index (κ1) is 13.0. The third-order valence-corrected chi connectivity index (χ3v) is 4.02. The summed E-state index contributed by atoms with van der Waals surface area (Å²) in [6.45, 7) is 3.22. The van der Waals surface area contributed by atoms with E-state index >= 15 is 0 Å². The lowest BCUT2D eigenvalue weighted by molar-refractivity contribution is 0.0599. The summed E-state index contributed by atoms with van der Waals surface area (Å²) in [4.78, 5) is 22.9. The molecule has 1 fully saturated rings. The number of aryl methyl sites for hydroxylation is 1. The van der Waals surface area contributed by atoms with E-state index in [0.717, 1.165) is 11.2 Å². The van der Waals surface area contributed by atoms with Gasteiger partial charge in [0.1, 0.15) is 5.52 Å². The molecular weight excluding hydrogens is 278 g/mol. The van der Waals surface area contributed by atoms with E-state index in [1.54, 1.807) is 25.3 Å². The Kier molecular flexibility index (Phi) is 2.92. The van der Waals surface area contributed by atoms with Crippen LogP contribution in [0.1, 0.15) is 27.9 Å². The predicted molar refractivity (Wildman–Crippen MR) is 81.6 cm³/mol. The number of pyridine rings is 1. The number of oxazole rings is 1. The van der Waals surface area contributed by atoms with E-state index < -0.39 is 0 Å². The zero-order valence-corrected chi connectivity index (χ0v) is 12.2. The molecule has 1 aliphatic rings. The molecule has 3 heterocycles. The molecule has 1 amide bonds. The molecule has 0 unspecified atom stereocenters. The quantitative estimate of drug-likeness (QED) is 0.729. The van der Waals surface area contributed by atoms with Crippen molar-refractivity contribution in [2.45, 2.75) is 12.8 Å². The van der Waals surface area contributed by atoms with E-state index in [4.69, 9.17) is 4.42 Å². The van der Waals surface area contributed by atoms with Crippen LogP contribution in [0, 0.1) is 6.92 Å². The van der Waals surface area contributed by atoms with Gasteiger partial charge in [0.25, 0.3) is 5.91 Å². The van der Waals surface area contributed by atoms with Crippen molar-refractivity contribution < 1.29 is 9.21 Å². The zero-order valence-electron chi connectivity index (χ0n) is 12.2. The number of rotatable bonds is 2. The molecule has 5 nitrogen and oxygen atoms in total. The van der Waals surface area contributed by atoms with Crippen LogP contribution in [0.3, 0.4) is 0 Å². The molecule has 1 saturated heterocycles. The molecule has 0 saturated carbocycles. The van der Waals surface area contributed by atoms with Crippen molar-refractivity contribution in [2.24, 2.45) is 0 Å². The maximum atomic E-state index is 12.5. The van der Waals surface area contributed by atoms with Crippen LogP contribution < -0.4 is 0 Å². The molecule has 0 atom stereocenters.